The van der Waals surface area contributed by atoms with Gasteiger partial charge in [0.2, 0.25) is 11.7 Å². The summed E-state index contributed by atoms with van der Waals surface area (Å²) in [6, 6.07) is 12.7. The van der Waals surface area contributed by atoms with Crippen LogP contribution in [0.2, 0.25) is 0 Å². The molecule has 0 radical (unpaired) electrons. The summed E-state index contributed by atoms with van der Waals surface area (Å²) in [7, 11) is 0. The molecule has 3 heterocycles. The maximum atomic E-state index is 13.0. The fraction of sp³-hybridized carbons (Fsp3) is 0.304. The first kappa shape index (κ1) is 21.3. The van der Waals surface area contributed by atoms with Gasteiger partial charge in [-0.2, -0.15) is 0 Å². The largest absolute Gasteiger partial charge is 0.486 e. The molecule has 5 rings (SSSR count). The van der Waals surface area contributed by atoms with E-state index in [2.05, 4.69) is 15.5 Å². The molecular formula is C23H23N5O4S. The van der Waals surface area contributed by atoms with Crippen LogP contribution in [-0.4, -0.2) is 43.5 Å². The minimum absolute atomic E-state index is 0.0895. The van der Waals surface area contributed by atoms with Crippen molar-refractivity contribution in [2.75, 3.05) is 18.5 Å². The maximum absolute atomic E-state index is 13.0. The topological polar surface area (TPSA) is 99.8 Å². The number of rotatable bonds is 6. The number of para-hydroxylation sites is 1. The molecule has 0 aliphatic carbocycles. The molecule has 1 N–H and O–H groups in total. The first-order valence-corrected chi connectivity index (χ1v) is 11.7. The number of nitrogens with zero attached hydrogens (tertiary/aromatic N) is 4. The van der Waals surface area contributed by atoms with Crippen LogP contribution in [0.1, 0.15) is 20.3 Å². The van der Waals surface area contributed by atoms with Crippen LogP contribution in [0, 0.1) is 0 Å². The number of aromatic nitrogens is 4. The van der Waals surface area contributed by atoms with E-state index in [0.29, 0.717) is 53.3 Å². The Morgan fingerprint density at radius 3 is 2.76 bits per heavy atom. The summed E-state index contributed by atoms with van der Waals surface area (Å²) in [5, 5.41) is 12.2. The van der Waals surface area contributed by atoms with Gasteiger partial charge in [0.15, 0.2) is 16.7 Å². The Hall–Kier alpha value is -3.53. The molecule has 2 aromatic heterocycles. The van der Waals surface area contributed by atoms with Gasteiger partial charge in [0.25, 0.3) is 5.56 Å². The number of hydrogen-bond acceptors (Lipinski definition) is 7. The Morgan fingerprint density at radius 2 is 1.94 bits per heavy atom. The standard InChI is InChI=1S/C23H23N5O4S/c1-3-10-27-21(30)16-6-4-5-7-17(16)28-22(27)25-26-23(28)33-14(2)20(29)24-15-8-9-18-19(13-15)32-12-11-31-18/h4-9,13-14H,3,10-12H2,1-2H3,(H,24,29). The number of hydrogen-bond donors (Lipinski definition) is 1. The number of carbonyl (C=O) groups is 1. The van der Waals surface area contributed by atoms with Crippen molar-refractivity contribution in [1.29, 1.82) is 0 Å². The zero-order valence-corrected chi connectivity index (χ0v) is 19.1. The molecule has 1 amide bonds. The van der Waals surface area contributed by atoms with E-state index in [1.54, 1.807) is 28.8 Å². The Labute approximate surface area is 193 Å². The molecule has 9 nitrogen and oxygen atoms in total. The van der Waals surface area contributed by atoms with E-state index in [1.807, 2.05) is 36.4 Å². The molecule has 0 saturated carbocycles. The summed E-state index contributed by atoms with van der Waals surface area (Å²) in [5.74, 6) is 1.58. The highest BCUT2D eigenvalue weighted by Crippen LogP contribution is 2.33. The van der Waals surface area contributed by atoms with Crippen molar-refractivity contribution in [3.05, 3.63) is 52.8 Å². The summed E-state index contributed by atoms with van der Waals surface area (Å²) < 4.78 is 14.6. The molecule has 1 aliphatic rings. The Kier molecular flexibility index (Phi) is 5.67. The highest BCUT2D eigenvalue weighted by atomic mass is 32.2. The second-order valence-corrected chi connectivity index (χ2v) is 9.01. The quantitative estimate of drug-likeness (QED) is 0.436. The van der Waals surface area contributed by atoms with Crippen LogP contribution in [0.3, 0.4) is 0 Å². The van der Waals surface area contributed by atoms with Gasteiger partial charge < -0.3 is 14.8 Å². The van der Waals surface area contributed by atoms with Crippen LogP contribution in [0.5, 0.6) is 11.5 Å². The molecule has 0 fully saturated rings. The van der Waals surface area contributed by atoms with Crippen molar-refractivity contribution >= 4 is 40.0 Å². The van der Waals surface area contributed by atoms with Crippen LogP contribution < -0.4 is 20.3 Å². The van der Waals surface area contributed by atoms with Crippen LogP contribution in [0.4, 0.5) is 5.69 Å². The number of carbonyl (C=O) groups excluding carboxylic acids is 1. The first-order chi connectivity index (χ1) is 16.1. The number of benzene rings is 2. The van der Waals surface area contributed by atoms with E-state index in [0.717, 1.165) is 11.9 Å². The Morgan fingerprint density at radius 1 is 1.15 bits per heavy atom. The second kappa shape index (κ2) is 8.78. The van der Waals surface area contributed by atoms with Gasteiger partial charge in [-0.15, -0.1) is 10.2 Å². The number of aryl methyl sites for hydroxylation is 1. The molecule has 0 spiro atoms. The Balaban J connectivity index is 1.44. The molecule has 4 aromatic rings. The molecule has 10 heteroatoms. The predicted octanol–water partition coefficient (Wildman–Crippen LogP) is 3.34. The average Bonchev–Trinajstić information content (AvgIpc) is 3.25. The number of amides is 1. The summed E-state index contributed by atoms with van der Waals surface area (Å²) in [6.07, 6.45) is 0.789. The van der Waals surface area contributed by atoms with Gasteiger partial charge in [-0.05, 0) is 37.6 Å². The van der Waals surface area contributed by atoms with E-state index in [1.165, 1.54) is 11.8 Å². The van der Waals surface area contributed by atoms with Crippen LogP contribution in [0.15, 0.2) is 52.4 Å². The summed E-state index contributed by atoms with van der Waals surface area (Å²) in [4.78, 5) is 25.9. The fourth-order valence-corrected chi connectivity index (χ4v) is 4.67. The van der Waals surface area contributed by atoms with Crippen molar-refractivity contribution in [3.8, 4) is 11.5 Å². The van der Waals surface area contributed by atoms with E-state index in [4.69, 9.17) is 9.47 Å². The van der Waals surface area contributed by atoms with E-state index >= 15 is 0 Å². The van der Waals surface area contributed by atoms with Crippen molar-refractivity contribution < 1.29 is 14.3 Å². The third-order valence-corrected chi connectivity index (χ3v) is 6.43. The van der Waals surface area contributed by atoms with Crippen molar-refractivity contribution in [2.45, 2.75) is 37.2 Å². The lowest BCUT2D eigenvalue weighted by molar-refractivity contribution is -0.115. The smallest absolute Gasteiger partial charge is 0.262 e. The molecule has 1 aliphatic heterocycles. The van der Waals surface area contributed by atoms with Gasteiger partial charge in [-0.1, -0.05) is 30.8 Å². The summed E-state index contributed by atoms with van der Waals surface area (Å²) in [5.41, 5.74) is 1.26. The zero-order valence-electron chi connectivity index (χ0n) is 18.3. The number of thioether (sulfide) groups is 1. The third kappa shape index (κ3) is 3.91. The second-order valence-electron chi connectivity index (χ2n) is 7.70. The molecule has 0 saturated heterocycles. The van der Waals surface area contributed by atoms with Gasteiger partial charge in [0.05, 0.1) is 16.2 Å². The lowest BCUT2D eigenvalue weighted by Crippen LogP contribution is -2.24. The lowest BCUT2D eigenvalue weighted by Gasteiger charge is -2.19. The highest BCUT2D eigenvalue weighted by molar-refractivity contribution is 8.00. The molecule has 170 valence electrons. The Bertz CT molecular complexity index is 1410. The normalized spacial score (nSPS) is 13.9. The molecule has 0 bridgehead atoms. The first-order valence-electron chi connectivity index (χ1n) is 10.8. The van der Waals surface area contributed by atoms with E-state index in [-0.39, 0.29) is 11.5 Å². The molecule has 33 heavy (non-hydrogen) atoms. The SMILES string of the molecule is CCCn1c(=O)c2ccccc2n2c(SC(C)C(=O)Nc3ccc4c(c3)OCCO4)nnc12. The van der Waals surface area contributed by atoms with Crippen molar-refractivity contribution in [3.63, 3.8) is 0 Å². The predicted molar refractivity (Wildman–Crippen MR) is 126 cm³/mol. The van der Waals surface area contributed by atoms with Crippen molar-refractivity contribution in [2.24, 2.45) is 0 Å². The third-order valence-electron chi connectivity index (χ3n) is 5.39. The minimum atomic E-state index is -0.462. The maximum Gasteiger partial charge on any atom is 0.262 e. The van der Waals surface area contributed by atoms with Gasteiger partial charge in [0, 0.05) is 18.3 Å². The van der Waals surface area contributed by atoms with Gasteiger partial charge in [-0.25, -0.2) is 0 Å². The van der Waals surface area contributed by atoms with E-state index < -0.39 is 5.25 Å². The van der Waals surface area contributed by atoms with E-state index in [9.17, 15) is 9.59 Å². The van der Waals surface area contributed by atoms with Crippen LogP contribution in [0.25, 0.3) is 16.7 Å². The number of fused-ring (bicyclic) bond motifs is 4. The van der Waals surface area contributed by atoms with Crippen LogP contribution in [-0.2, 0) is 11.3 Å². The number of nitrogens with one attached hydrogen (secondary N) is 1. The van der Waals surface area contributed by atoms with Gasteiger partial charge >= 0.3 is 0 Å². The minimum Gasteiger partial charge on any atom is -0.486 e. The molecule has 1 unspecified atom stereocenters. The number of anilines is 1. The van der Waals surface area contributed by atoms with Crippen molar-refractivity contribution in [1.82, 2.24) is 19.2 Å². The monoisotopic (exact) mass is 465 g/mol. The average molecular weight is 466 g/mol. The fourth-order valence-electron chi connectivity index (χ4n) is 3.81. The molecular weight excluding hydrogens is 442 g/mol. The van der Waals surface area contributed by atoms with Gasteiger partial charge in [-0.3, -0.25) is 18.6 Å². The molecule has 1 atom stereocenters. The molecule has 2 aromatic carbocycles. The van der Waals surface area contributed by atoms with Gasteiger partial charge in [0.1, 0.15) is 13.2 Å². The highest BCUT2D eigenvalue weighted by Gasteiger charge is 2.22. The number of ether oxygens (including phenoxy) is 2. The summed E-state index contributed by atoms with van der Waals surface area (Å²) >= 11 is 1.29. The van der Waals surface area contributed by atoms with Crippen LogP contribution >= 0.6 is 11.8 Å². The zero-order chi connectivity index (χ0) is 22.9. The summed E-state index contributed by atoms with van der Waals surface area (Å²) in [6.45, 7) is 5.35. The lowest BCUT2D eigenvalue weighted by atomic mass is 10.2.